The molecule has 0 aromatic rings. The zero-order valence-electron chi connectivity index (χ0n) is 10.3. The fraction of sp³-hybridized carbons (Fsp3) is 1.00. The van der Waals surface area contributed by atoms with Crippen LogP contribution in [0.25, 0.3) is 0 Å². The van der Waals surface area contributed by atoms with E-state index < -0.39 is 8.32 Å². The molecule has 0 aliphatic heterocycles. The topological polar surface area (TPSA) is 9.23 Å². The van der Waals surface area contributed by atoms with Gasteiger partial charge >= 0.3 is 99.3 Å². The average Bonchev–Trinajstić information content (AvgIpc) is 2.14. The van der Waals surface area contributed by atoms with Crippen LogP contribution in [-0.2, 0) is 4.43 Å². The summed E-state index contributed by atoms with van der Waals surface area (Å²) >= 11 is 2.32. The molecular weight excluding hydrogens is 183 g/mol. The van der Waals surface area contributed by atoms with Gasteiger partial charge in [-0.1, -0.05) is 0 Å². The first-order valence-electron chi connectivity index (χ1n) is 6.15. The second-order valence-corrected chi connectivity index (χ2v) is 10.2. The molecule has 0 aromatic carbocycles. The van der Waals surface area contributed by atoms with Crippen LogP contribution in [-0.4, -0.2) is 32.6 Å². The maximum atomic E-state index is 5.98. The van der Waals surface area contributed by atoms with Crippen molar-refractivity contribution in [2.24, 2.45) is 11.8 Å². The number of hydrogen-bond acceptors (Lipinski definition) is 1. The summed E-state index contributed by atoms with van der Waals surface area (Å²) in [6, 6.07) is 0. The van der Waals surface area contributed by atoms with Gasteiger partial charge in [0.25, 0.3) is 0 Å². The van der Waals surface area contributed by atoms with Gasteiger partial charge < -0.3 is 0 Å². The van der Waals surface area contributed by atoms with E-state index in [1.165, 1.54) is 30.8 Å². The molecule has 1 aliphatic carbocycles. The van der Waals surface area contributed by atoms with Gasteiger partial charge in [-0.3, -0.25) is 0 Å². The van der Waals surface area contributed by atoms with Crippen LogP contribution in [0.3, 0.4) is 0 Å². The molecule has 0 saturated heterocycles. The summed E-state index contributed by atoms with van der Waals surface area (Å²) in [5, 5.41) is 1.38. The zero-order chi connectivity index (χ0) is 10.6. The molecule has 1 fully saturated rings. The minimum absolute atomic E-state index is 0.865. The fourth-order valence-electron chi connectivity index (χ4n) is 2.17. The van der Waals surface area contributed by atoms with Crippen LogP contribution in [0.2, 0.25) is 24.7 Å². The van der Waals surface area contributed by atoms with E-state index in [1.807, 2.05) is 0 Å². The van der Waals surface area contributed by atoms with E-state index >= 15 is 0 Å². The molecule has 78 valence electrons. The van der Waals surface area contributed by atoms with Crippen molar-refractivity contribution < 1.29 is 4.43 Å². The maximum absolute atomic E-state index is 5.98. The van der Waals surface area contributed by atoms with E-state index in [0.717, 1.165) is 18.4 Å². The van der Waals surface area contributed by atoms with Crippen molar-refractivity contribution in [3.8, 4) is 0 Å². The second-order valence-electron chi connectivity index (χ2n) is 5.72. The molecule has 0 amide bonds. The third-order valence-corrected chi connectivity index (χ3v) is 4.33. The zero-order valence-corrected chi connectivity index (χ0v) is 11.3. The third-order valence-electron chi connectivity index (χ3n) is 3.30. The van der Waals surface area contributed by atoms with E-state index in [4.69, 9.17) is 4.43 Å². The van der Waals surface area contributed by atoms with Gasteiger partial charge in [-0.15, -0.1) is 0 Å². The fourth-order valence-corrected chi connectivity index (χ4v) is 2.91. The molecule has 1 rings (SSSR count). The van der Waals surface area contributed by atoms with Crippen LogP contribution in [0, 0.1) is 11.8 Å². The molecule has 1 aliphatic rings. The van der Waals surface area contributed by atoms with E-state index in [0.29, 0.717) is 0 Å². The molecule has 0 unspecified atom stereocenters. The number of rotatable bonds is 4. The first-order chi connectivity index (χ1) is 6.51. The van der Waals surface area contributed by atoms with Crippen molar-refractivity contribution in [1.82, 2.24) is 0 Å². The van der Waals surface area contributed by atoms with Crippen molar-refractivity contribution in [2.45, 2.75) is 50.4 Å². The summed E-state index contributed by atoms with van der Waals surface area (Å²) < 4.78 is 5.98. The number of hydrogen-bond donors (Lipinski definition) is 0. The van der Waals surface area contributed by atoms with Crippen LogP contribution in [0.5, 0.6) is 0 Å². The molecule has 0 bridgehead atoms. The predicted molar refractivity (Wildman–Crippen MR) is 65.3 cm³/mol. The van der Waals surface area contributed by atoms with Crippen LogP contribution >= 0.6 is 0 Å². The molecule has 0 aromatic heterocycles. The summed E-state index contributed by atoms with van der Waals surface area (Å²) in [5.74, 6) is 1.88. The Labute approximate surface area is 99.3 Å². The van der Waals surface area contributed by atoms with Crippen molar-refractivity contribution in [3.05, 3.63) is 0 Å². The van der Waals surface area contributed by atoms with Gasteiger partial charge in [0.1, 0.15) is 0 Å². The van der Waals surface area contributed by atoms with Gasteiger partial charge in [0.2, 0.25) is 0 Å². The Bertz CT molecular complexity index is 159. The van der Waals surface area contributed by atoms with Crippen LogP contribution in [0.15, 0.2) is 0 Å². The molecule has 3 heteroatoms. The SMILES string of the molecule is [Li][CH2]C1CCC(CO[Si](C)(C)C)CC1. The van der Waals surface area contributed by atoms with E-state index in [9.17, 15) is 0 Å². The Kier molecular flexibility index (Phi) is 5.27. The Morgan fingerprint density at radius 1 is 1.07 bits per heavy atom. The summed E-state index contributed by atoms with van der Waals surface area (Å²) in [6.07, 6.45) is 5.69. The molecule has 0 spiro atoms. The van der Waals surface area contributed by atoms with E-state index in [1.54, 1.807) is 0 Å². The molecular formula is C11H23LiOSi. The molecule has 1 saturated carbocycles. The van der Waals surface area contributed by atoms with Crippen LogP contribution in [0.4, 0.5) is 0 Å². The Morgan fingerprint density at radius 3 is 2.00 bits per heavy atom. The summed E-state index contributed by atoms with van der Waals surface area (Å²) in [7, 11) is -1.27. The van der Waals surface area contributed by atoms with E-state index in [2.05, 4.69) is 37.4 Å². The van der Waals surface area contributed by atoms with Gasteiger partial charge in [0.15, 0.2) is 0 Å². The molecule has 0 radical (unpaired) electrons. The quantitative estimate of drug-likeness (QED) is 0.642. The average molecular weight is 206 g/mol. The molecule has 0 atom stereocenters. The first kappa shape index (κ1) is 12.8. The standard InChI is InChI=1S/C11H23OSi.Li/c1-10-5-7-11(8-6-10)9-12-13(2,3)4;/h10-11H,1,5-9H2,2-4H3;. The Morgan fingerprint density at radius 2 is 1.57 bits per heavy atom. The predicted octanol–water partition coefficient (Wildman–Crippen LogP) is 3.23. The Balaban J connectivity index is 2.16. The molecule has 0 heterocycles. The summed E-state index contributed by atoms with van der Waals surface area (Å²) in [6.45, 7) is 7.88. The van der Waals surface area contributed by atoms with Crippen molar-refractivity contribution in [2.75, 3.05) is 6.61 Å². The van der Waals surface area contributed by atoms with Crippen molar-refractivity contribution in [1.29, 1.82) is 0 Å². The molecule has 14 heavy (non-hydrogen) atoms. The third kappa shape index (κ3) is 5.02. The van der Waals surface area contributed by atoms with E-state index in [-0.39, 0.29) is 0 Å². The van der Waals surface area contributed by atoms with Gasteiger partial charge in [0.05, 0.1) is 0 Å². The first-order valence-corrected chi connectivity index (χ1v) is 9.56. The summed E-state index contributed by atoms with van der Waals surface area (Å²) in [5.41, 5.74) is 0. The van der Waals surface area contributed by atoms with Gasteiger partial charge in [0, 0.05) is 0 Å². The summed E-state index contributed by atoms with van der Waals surface area (Å²) in [4.78, 5) is 0. The van der Waals surface area contributed by atoms with Gasteiger partial charge in [-0.2, -0.15) is 0 Å². The monoisotopic (exact) mass is 206 g/mol. The van der Waals surface area contributed by atoms with Crippen LogP contribution < -0.4 is 0 Å². The van der Waals surface area contributed by atoms with Crippen LogP contribution in [0.1, 0.15) is 25.7 Å². The molecule has 1 nitrogen and oxygen atoms in total. The second kappa shape index (κ2) is 5.75. The Hall–Kier alpha value is 0.774. The van der Waals surface area contributed by atoms with Gasteiger partial charge in [-0.25, -0.2) is 0 Å². The minimum atomic E-state index is -1.27. The normalized spacial score (nSPS) is 29.2. The van der Waals surface area contributed by atoms with Gasteiger partial charge in [-0.05, 0) is 0 Å². The van der Waals surface area contributed by atoms with Crippen molar-refractivity contribution in [3.63, 3.8) is 0 Å². The molecule has 0 N–H and O–H groups in total. The van der Waals surface area contributed by atoms with Crippen molar-refractivity contribution >= 4 is 26.0 Å².